The Morgan fingerprint density at radius 2 is 1.96 bits per heavy atom. The maximum atomic E-state index is 13.5. The first-order chi connectivity index (χ1) is 11.8. The van der Waals surface area contributed by atoms with Crippen molar-refractivity contribution in [2.24, 2.45) is 0 Å². The Bertz CT molecular complexity index is 871. The summed E-state index contributed by atoms with van der Waals surface area (Å²) >= 11 is 5.89. The maximum absolute atomic E-state index is 13.5. The first kappa shape index (κ1) is 19.2. The molecule has 0 fully saturated rings. The lowest BCUT2D eigenvalue weighted by Crippen LogP contribution is -2.19. The largest absolute Gasteiger partial charge is 0.496 e. The molecule has 2 aromatic rings. The molecule has 2 aromatic carbocycles. The molecule has 0 saturated carbocycles. The van der Waals surface area contributed by atoms with Crippen molar-refractivity contribution in [1.82, 2.24) is 0 Å². The zero-order valence-corrected chi connectivity index (χ0v) is 15.0. The fraction of sp³-hybridized carbons (Fsp3) is 0.235. The van der Waals surface area contributed by atoms with Crippen LogP contribution in [0, 0.1) is 5.82 Å². The minimum atomic E-state index is -3.57. The molecule has 0 aliphatic heterocycles. The molecule has 5 nitrogen and oxygen atoms in total. The molecule has 0 radical (unpaired) electrons. The van der Waals surface area contributed by atoms with Crippen molar-refractivity contribution in [3.63, 3.8) is 0 Å². The second-order valence-electron chi connectivity index (χ2n) is 5.33. The summed E-state index contributed by atoms with van der Waals surface area (Å²) in [5.74, 6) is -1.43. The zero-order chi connectivity index (χ0) is 18.4. The highest BCUT2D eigenvalue weighted by molar-refractivity contribution is 7.90. The molecule has 0 heterocycles. The molecule has 8 heteroatoms. The Morgan fingerprint density at radius 1 is 1.24 bits per heavy atom. The van der Waals surface area contributed by atoms with Gasteiger partial charge >= 0.3 is 0 Å². The van der Waals surface area contributed by atoms with Gasteiger partial charge in [0.1, 0.15) is 11.6 Å². The minimum absolute atomic E-state index is 0.0152. The summed E-state index contributed by atoms with van der Waals surface area (Å²) in [4.78, 5) is 11.9. The van der Waals surface area contributed by atoms with Crippen LogP contribution in [0.1, 0.15) is 12.0 Å². The number of carbonyl (C=O) groups is 1. The summed E-state index contributed by atoms with van der Waals surface area (Å²) < 4.78 is 43.1. The van der Waals surface area contributed by atoms with Crippen LogP contribution in [-0.4, -0.2) is 27.2 Å². The summed E-state index contributed by atoms with van der Waals surface area (Å²) in [7, 11) is -2.14. The molecule has 0 spiro atoms. The molecule has 0 bridgehead atoms. The molecule has 0 aromatic heterocycles. The number of nitrogens with one attached hydrogen (secondary N) is 1. The maximum Gasteiger partial charge on any atom is 0.225 e. The standard InChI is InChI=1S/C17H17ClFNO4S/c1-24-16-7-6-13(18)10-12(16)11-25(22,23)9-8-17(21)20-15-5-3-2-4-14(15)19/h2-7,10H,8-9,11H2,1H3,(H,20,21). The van der Waals surface area contributed by atoms with Crippen LogP contribution in [0.4, 0.5) is 10.1 Å². The Balaban J connectivity index is 1.99. The van der Waals surface area contributed by atoms with Crippen LogP contribution >= 0.6 is 11.6 Å². The highest BCUT2D eigenvalue weighted by Gasteiger charge is 2.18. The third kappa shape index (κ3) is 5.72. The lowest BCUT2D eigenvalue weighted by atomic mass is 10.2. The molecular formula is C17H17ClFNO4S. The van der Waals surface area contributed by atoms with Gasteiger partial charge in [0.15, 0.2) is 9.84 Å². The molecule has 0 unspecified atom stereocenters. The van der Waals surface area contributed by atoms with Gasteiger partial charge in [-0.2, -0.15) is 0 Å². The van der Waals surface area contributed by atoms with Gasteiger partial charge in [-0.3, -0.25) is 4.79 Å². The lowest BCUT2D eigenvalue weighted by molar-refractivity contribution is -0.115. The van der Waals surface area contributed by atoms with Gasteiger partial charge in [0.05, 0.1) is 24.3 Å². The van der Waals surface area contributed by atoms with E-state index in [1.165, 1.54) is 31.4 Å². The van der Waals surface area contributed by atoms with Crippen molar-refractivity contribution in [2.45, 2.75) is 12.2 Å². The zero-order valence-electron chi connectivity index (χ0n) is 13.5. The minimum Gasteiger partial charge on any atom is -0.496 e. The van der Waals surface area contributed by atoms with E-state index in [9.17, 15) is 17.6 Å². The predicted molar refractivity (Wildman–Crippen MR) is 95.1 cm³/mol. The Labute approximate surface area is 150 Å². The van der Waals surface area contributed by atoms with Crippen molar-refractivity contribution >= 4 is 33.0 Å². The van der Waals surface area contributed by atoms with E-state index in [-0.39, 0.29) is 23.6 Å². The number of amides is 1. The smallest absolute Gasteiger partial charge is 0.225 e. The lowest BCUT2D eigenvalue weighted by Gasteiger charge is -2.10. The number of rotatable bonds is 7. The number of anilines is 1. The Morgan fingerprint density at radius 3 is 2.64 bits per heavy atom. The van der Waals surface area contributed by atoms with E-state index >= 15 is 0 Å². The molecule has 0 saturated heterocycles. The monoisotopic (exact) mass is 385 g/mol. The van der Waals surface area contributed by atoms with Gasteiger partial charge in [-0.15, -0.1) is 0 Å². The quantitative estimate of drug-likeness (QED) is 0.792. The van der Waals surface area contributed by atoms with Gasteiger partial charge < -0.3 is 10.1 Å². The van der Waals surface area contributed by atoms with E-state index in [0.717, 1.165) is 0 Å². The molecule has 1 amide bonds. The summed E-state index contributed by atoms with van der Waals surface area (Å²) in [5.41, 5.74) is 0.436. The molecule has 25 heavy (non-hydrogen) atoms. The molecule has 0 aliphatic rings. The topological polar surface area (TPSA) is 72.5 Å². The fourth-order valence-electron chi connectivity index (χ4n) is 2.19. The summed E-state index contributed by atoms with van der Waals surface area (Å²) in [6, 6.07) is 10.4. The molecule has 0 aliphatic carbocycles. The normalized spacial score (nSPS) is 11.2. The van der Waals surface area contributed by atoms with E-state index < -0.39 is 21.6 Å². The number of sulfone groups is 1. The van der Waals surface area contributed by atoms with Crippen LogP contribution in [0.3, 0.4) is 0 Å². The van der Waals surface area contributed by atoms with Crippen LogP contribution in [0.2, 0.25) is 5.02 Å². The third-order valence-corrected chi connectivity index (χ3v) is 5.22. The highest BCUT2D eigenvalue weighted by Crippen LogP contribution is 2.25. The number of benzene rings is 2. The second kappa shape index (κ2) is 8.31. The van der Waals surface area contributed by atoms with E-state index in [2.05, 4.69) is 5.32 Å². The number of halogens is 2. The van der Waals surface area contributed by atoms with Gasteiger partial charge in [0.25, 0.3) is 0 Å². The van der Waals surface area contributed by atoms with E-state index in [1.807, 2.05) is 0 Å². The number of hydrogen-bond donors (Lipinski definition) is 1. The van der Waals surface area contributed by atoms with Gasteiger partial charge in [-0.05, 0) is 30.3 Å². The van der Waals surface area contributed by atoms with Crippen molar-refractivity contribution in [3.8, 4) is 5.75 Å². The van der Waals surface area contributed by atoms with E-state index in [0.29, 0.717) is 16.3 Å². The summed E-state index contributed by atoms with van der Waals surface area (Å²) in [6.45, 7) is 0. The first-order valence-electron chi connectivity index (χ1n) is 7.38. The van der Waals surface area contributed by atoms with Crippen LogP contribution in [-0.2, 0) is 20.4 Å². The van der Waals surface area contributed by atoms with Crippen LogP contribution in [0.5, 0.6) is 5.75 Å². The van der Waals surface area contributed by atoms with Crippen LogP contribution in [0.25, 0.3) is 0 Å². The number of carbonyl (C=O) groups excluding carboxylic acids is 1. The van der Waals surface area contributed by atoms with Crippen LogP contribution in [0.15, 0.2) is 42.5 Å². The Hall–Kier alpha value is -2.12. The molecule has 134 valence electrons. The predicted octanol–water partition coefficient (Wildman–Crippen LogP) is 3.43. The number of methoxy groups -OCH3 is 1. The first-order valence-corrected chi connectivity index (χ1v) is 9.58. The SMILES string of the molecule is COc1ccc(Cl)cc1CS(=O)(=O)CCC(=O)Nc1ccccc1F. The Kier molecular flexibility index (Phi) is 6.39. The molecule has 1 N–H and O–H groups in total. The van der Waals surface area contributed by atoms with Crippen molar-refractivity contribution in [1.29, 1.82) is 0 Å². The summed E-state index contributed by atoms with van der Waals surface area (Å²) in [6.07, 6.45) is -0.278. The third-order valence-electron chi connectivity index (χ3n) is 3.41. The number of ether oxygens (including phenoxy) is 1. The molecule has 0 atom stereocenters. The summed E-state index contributed by atoms with van der Waals surface area (Å²) in [5, 5.41) is 2.75. The average Bonchev–Trinajstić information content (AvgIpc) is 2.55. The molecule has 2 rings (SSSR count). The van der Waals surface area contributed by atoms with E-state index in [4.69, 9.17) is 16.3 Å². The van der Waals surface area contributed by atoms with Crippen LogP contribution < -0.4 is 10.1 Å². The van der Waals surface area contributed by atoms with Gasteiger partial charge in [0.2, 0.25) is 5.91 Å². The highest BCUT2D eigenvalue weighted by atomic mass is 35.5. The van der Waals surface area contributed by atoms with Crippen molar-refractivity contribution in [2.75, 3.05) is 18.2 Å². The number of para-hydroxylation sites is 1. The number of hydrogen-bond acceptors (Lipinski definition) is 4. The van der Waals surface area contributed by atoms with Gasteiger partial charge in [0, 0.05) is 17.0 Å². The van der Waals surface area contributed by atoms with Crippen molar-refractivity contribution in [3.05, 3.63) is 58.9 Å². The molecular weight excluding hydrogens is 369 g/mol. The average molecular weight is 386 g/mol. The van der Waals surface area contributed by atoms with Gasteiger partial charge in [-0.25, -0.2) is 12.8 Å². The van der Waals surface area contributed by atoms with Gasteiger partial charge in [-0.1, -0.05) is 23.7 Å². The second-order valence-corrected chi connectivity index (χ2v) is 7.95. The van der Waals surface area contributed by atoms with E-state index in [1.54, 1.807) is 18.2 Å². The van der Waals surface area contributed by atoms with Crippen molar-refractivity contribution < 1.29 is 22.3 Å². The fourth-order valence-corrected chi connectivity index (χ4v) is 3.73.